The van der Waals surface area contributed by atoms with Gasteiger partial charge in [-0.3, -0.25) is 9.69 Å². The molecule has 1 saturated heterocycles. The lowest BCUT2D eigenvalue weighted by molar-refractivity contribution is -0.117. The summed E-state index contributed by atoms with van der Waals surface area (Å²) >= 11 is 0. The summed E-state index contributed by atoms with van der Waals surface area (Å²) in [5, 5.41) is 7.25. The van der Waals surface area contributed by atoms with Crippen LogP contribution in [-0.4, -0.2) is 69.7 Å². The third kappa shape index (κ3) is 4.29. The zero-order valence-corrected chi connectivity index (χ0v) is 16.7. The van der Waals surface area contributed by atoms with Crippen molar-refractivity contribution >= 4 is 23.2 Å². The molecule has 1 aliphatic rings. The van der Waals surface area contributed by atoms with Gasteiger partial charge in [-0.1, -0.05) is 12.1 Å². The first kappa shape index (κ1) is 19.1. The number of aryl methyl sites for hydroxylation is 1. The predicted octanol–water partition coefficient (Wildman–Crippen LogP) is 1.59. The van der Waals surface area contributed by atoms with E-state index in [9.17, 15) is 4.79 Å². The maximum Gasteiger partial charge on any atom is 0.254 e. The molecule has 0 radical (unpaired) electrons. The summed E-state index contributed by atoms with van der Waals surface area (Å²) < 4.78 is 7.34. The Kier molecular flexibility index (Phi) is 5.57. The van der Waals surface area contributed by atoms with Crippen molar-refractivity contribution < 1.29 is 9.53 Å². The van der Waals surface area contributed by atoms with Gasteiger partial charge in [0.15, 0.2) is 0 Å². The van der Waals surface area contributed by atoms with Crippen LogP contribution in [0.2, 0.25) is 0 Å². The first-order valence-corrected chi connectivity index (χ1v) is 9.80. The molecular weight excluding hydrogens is 370 g/mol. The van der Waals surface area contributed by atoms with Gasteiger partial charge < -0.3 is 15.0 Å². The van der Waals surface area contributed by atoms with Crippen LogP contribution in [0, 0.1) is 6.92 Å². The van der Waals surface area contributed by atoms with Crippen LogP contribution in [0.25, 0.3) is 5.78 Å². The van der Waals surface area contributed by atoms with Crippen LogP contribution in [0.1, 0.15) is 12.6 Å². The second-order valence-corrected chi connectivity index (χ2v) is 6.97. The van der Waals surface area contributed by atoms with E-state index in [1.54, 1.807) is 4.52 Å². The summed E-state index contributed by atoms with van der Waals surface area (Å²) in [5.41, 5.74) is 1.62. The fourth-order valence-corrected chi connectivity index (χ4v) is 3.52. The summed E-state index contributed by atoms with van der Waals surface area (Å²) in [6.07, 6.45) is 1.52. The lowest BCUT2D eigenvalue weighted by atomic mass is 10.2. The lowest BCUT2D eigenvalue weighted by Gasteiger charge is -2.35. The zero-order valence-electron chi connectivity index (χ0n) is 16.7. The SMILES string of the molecule is CCOc1ccccc1NC(=O)CN1CCN(c2cc(C)nc3ncnn23)CC1. The number of fused-ring (bicyclic) bond motifs is 1. The molecule has 4 rings (SSSR count). The molecule has 0 aliphatic carbocycles. The highest BCUT2D eigenvalue weighted by Gasteiger charge is 2.22. The second kappa shape index (κ2) is 8.44. The van der Waals surface area contributed by atoms with E-state index in [1.165, 1.54) is 6.33 Å². The van der Waals surface area contributed by atoms with E-state index < -0.39 is 0 Å². The lowest BCUT2D eigenvalue weighted by Crippen LogP contribution is -2.49. The van der Waals surface area contributed by atoms with Gasteiger partial charge in [-0.25, -0.2) is 4.98 Å². The van der Waals surface area contributed by atoms with Gasteiger partial charge in [-0.15, -0.1) is 0 Å². The summed E-state index contributed by atoms with van der Waals surface area (Å²) in [7, 11) is 0. The summed E-state index contributed by atoms with van der Waals surface area (Å²) in [4.78, 5) is 25.5. The van der Waals surface area contributed by atoms with Gasteiger partial charge in [0, 0.05) is 37.9 Å². The zero-order chi connectivity index (χ0) is 20.2. The van der Waals surface area contributed by atoms with Crippen molar-refractivity contribution in [2.24, 2.45) is 0 Å². The van der Waals surface area contributed by atoms with Crippen molar-refractivity contribution in [2.75, 3.05) is 49.5 Å². The maximum atomic E-state index is 12.5. The molecule has 0 saturated carbocycles. The normalized spacial score (nSPS) is 14.9. The van der Waals surface area contributed by atoms with E-state index in [4.69, 9.17) is 4.74 Å². The number of hydrogen-bond acceptors (Lipinski definition) is 7. The van der Waals surface area contributed by atoms with Crippen molar-refractivity contribution in [3.8, 4) is 5.75 Å². The van der Waals surface area contributed by atoms with Gasteiger partial charge in [0.1, 0.15) is 17.9 Å². The van der Waals surface area contributed by atoms with Crippen molar-refractivity contribution in [3.05, 3.63) is 42.4 Å². The topological polar surface area (TPSA) is 87.9 Å². The average molecular weight is 395 g/mol. The van der Waals surface area contributed by atoms with Gasteiger partial charge in [-0.05, 0) is 26.0 Å². The minimum atomic E-state index is -0.0379. The molecule has 1 fully saturated rings. The molecule has 1 N–H and O–H groups in total. The molecule has 9 nitrogen and oxygen atoms in total. The quantitative estimate of drug-likeness (QED) is 0.678. The van der Waals surface area contributed by atoms with Gasteiger partial charge in [-0.2, -0.15) is 14.6 Å². The standard InChI is InChI=1S/C20H25N7O2/c1-3-29-17-7-5-4-6-16(17)24-18(28)13-25-8-10-26(11-9-25)19-12-15(2)23-20-21-14-22-27(19)20/h4-7,12,14H,3,8-11,13H2,1-2H3,(H,24,28). The Bertz CT molecular complexity index is 995. The number of rotatable bonds is 6. The van der Waals surface area contributed by atoms with Crippen molar-refractivity contribution in [1.82, 2.24) is 24.5 Å². The predicted molar refractivity (Wildman–Crippen MR) is 110 cm³/mol. The Morgan fingerprint density at radius 3 is 2.79 bits per heavy atom. The molecule has 152 valence electrons. The van der Waals surface area contributed by atoms with Gasteiger partial charge in [0.05, 0.1) is 18.8 Å². The van der Waals surface area contributed by atoms with Crippen LogP contribution < -0.4 is 15.0 Å². The minimum Gasteiger partial charge on any atom is -0.492 e. The molecule has 29 heavy (non-hydrogen) atoms. The minimum absolute atomic E-state index is 0.0379. The average Bonchev–Trinajstić information content (AvgIpc) is 3.18. The second-order valence-electron chi connectivity index (χ2n) is 6.97. The molecule has 1 aliphatic heterocycles. The third-order valence-corrected chi connectivity index (χ3v) is 4.89. The Morgan fingerprint density at radius 1 is 1.21 bits per heavy atom. The number of aromatic nitrogens is 4. The molecule has 1 amide bonds. The van der Waals surface area contributed by atoms with Crippen molar-refractivity contribution in [3.63, 3.8) is 0 Å². The number of nitrogens with zero attached hydrogens (tertiary/aromatic N) is 6. The number of piperazine rings is 1. The Hall–Kier alpha value is -3.20. The van der Waals surface area contributed by atoms with Crippen molar-refractivity contribution in [2.45, 2.75) is 13.8 Å². The molecule has 3 aromatic rings. The van der Waals surface area contributed by atoms with E-state index in [0.29, 0.717) is 30.4 Å². The van der Waals surface area contributed by atoms with Crippen LogP contribution in [0.15, 0.2) is 36.7 Å². The first-order valence-electron chi connectivity index (χ1n) is 9.80. The van der Waals surface area contributed by atoms with Gasteiger partial charge >= 0.3 is 0 Å². The van der Waals surface area contributed by atoms with E-state index in [-0.39, 0.29) is 5.91 Å². The van der Waals surface area contributed by atoms with E-state index in [1.807, 2.05) is 44.2 Å². The molecule has 0 bridgehead atoms. The number of carbonyl (C=O) groups excluding carboxylic acids is 1. The van der Waals surface area contributed by atoms with Crippen LogP contribution in [0.4, 0.5) is 11.5 Å². The number of anilines is 2. The highest BCUT2D eigenvalue weighted by Crippen LogP contribution is 2.23. The first-order chi connectivity index (χ1) is 14.1. The smallest absolute Gasteiger partial charge is 0.254 e. The van der Waals surface area contributed by atoms with Crippen LogP contribution in [-0.2, 0) is 4.79 Å². The fourth-order valence-electron chi connectivity index (χ4n) is 3.52. The highest BCUT2D eigenvalue weighted by molar-refractivity contribution is 5.93. The molecule has 0 spiro atoms. The van der Waals surface area contributed by atoms with Crippen LogP contribution in [0.3, 0.4) is 0 Å². The number of para-hydroxylation sites is 2. The summed E-state index contributed by atoms with van der Waals surface area (Å²) in [6.45, 7) is 7.98. The summed E-state index contributed by atoms with van der Waals surface area (Å²) in [6, 6.07) is 9.52. The maximum absolute atomic E-state index is 12.5. The number of amides is 1. The van der Waals surface area contributed by atoms with Crippen LogP contribution in [0.5, 0.6) is 5.75 Å². The number of carbonyl (C=O) groups is 1. The molecule has 0 atom stereocenters. The third-order valence-electron chi connectivity index (χ3n) is 4.89. The number of ether oxygens (including phenoxy) is 1. The molecular formula is C20H25N7O2. The molecule has 1 aromatic carbocycles. The highest BCUT2D eigenvalue weighted by atomic mass is 16.5. The molecule has 3 heterocycles. The molecule has 0 unspecified atom stereocenters. The Morgan fingerprint density at radius 2 is 2.00 bits per heavy atom. The van der Waals surface area contributed by atoms with E-state index >= 15 is 0 Å². The van der Waals surface area contributed by atoms with E-state index in [0.717, 1.165) is 37.7 Å². The van der Waals surface area contributed by atoms with Gasteiger partial charge in [0.2, 0.25) is 5.91 Å². The Labute approximate surface area is 169 Å². The fraction of sp³-hybridized carbons (Fsp3) is 0.400. The van der Waals surface area contributed by atoms with E-state index in [2.05, 4.69) is 30.2 Å². The van der Waals surface area contributed by atoms with Crippen molar-refractivity contribution in [1.29, 1.82) is 0 Å². The number of benzene rings is 1. The number of hydrogen-bond donors (Lipinski definition) is 1. The molecule has 9 heteroatoms. The largest absolute Gasteiger partial charge is 0.492 e. The monoisotopic (exact) mass is 395 g/mol. The Balaban J connectivity index is 1.35. The van der Waals surface area contributed by atoms with Crippen LogP contribution >= 0.6 is 0 Å². The summed E-state index contributed by atoms with van der Waals surface area (Å²) in [5.74, 6) is 2.25. The van der Waals surface area contributed by atoms with Gasteiger partial charge in [0.25, 0.3) is 5.78 Å². The number of nitrogens with one attached hydrogen (secondary N) is 1. The molecule has 2 aromatic heterocycles.